The summed E-state index contributed by atoms with van der Waals surface area (Å²) >= 11 is 0. The topological polar surface area (TPSA) is 66.4 Å². The summed E-state index contributed by atoms with van der Waals surface area (Å²) in [4.78, 5) is 20.7. The average Bonchev–Trinajstić information content (AvgIpc) is 2.21. The number of carbonyl (C=O) groups excluding carboxylic acids is 1. The third-order valence-corrected chi connectivity index (χ3v) is 1.93. The zero-order chi connectivity index (χ0) is 13.5. The third kappa shape index (κ3) is 6.08. The predicted octanol–water partition coefficient (Wildman–Crippen LogP) is 1.65. The lowest BCUT2D eigenvalue weighted by Gasteiger charge is -2.14. The lowest BCUT2D eigenvalue weighted by atomic mass is 10.2. The van der Waals surface area contributed by atoms with Crippen LogP contribution in [0.15, 0.2) is 0 Å². The van der Waals surface area contributed by atoms with Crippen LogP contribution in [0.4, 0.5) is 17.6 Å². The lowest BCUT2D eigenvalue weighted by Crippen LogP contribution is -2.45. The van der Waals surface area contributed by atoms with Gasteiger partial charge in [-0.05, 0) is 12.8 Å². The van der Waals surface area contributed by atoms with E-state index in [0.717, 1.165) is 0 Å². The molecule has 0 aliphatic rings. The molecule has 1 amide bonds. The summed E-state index contributed by atoms with van der Waals surface area (Å²) in [7, 11) is 0. The van der Waals surface area contributed by atoms with Gasteiger partial charge in [0, 0.05) is 13.0 Å². The van der Waals surface area contributed by atoms with E-state index >= 15 is 0 Å². The molecule has 0 saturated carbocycles. The van der Waals surface area contributed by atoms with Crippen molar-refractivity contribution in [2.45, 2.75) is 38.0 Å². The molecule has 0 heterocycles. The van der Waals surface area contributed by atoms with Gasteiger partial charge in [0.25, 0.3) is 5.91 Å². The van der Waals surface area contributed by atoms with E-state index < -0.39 is 24.2 Å². The highest BCUT2D eigenvalue weighted by Crippen LogP contribution is 2.22. The minimum Gasteiger partial charge on any atom is -0.481 e. The minimum atomic E-state index is -4.68. The molecule has 0 bridgehead atoms. The summed E-state index contributed by atoms with van der Waals surface area (Å²) in [5, 5.41) is 9.95. The second kappa shape index (κ2) is 7.08. The number of aliphatic carboxylic acids is 1. The van der Waals surface area contributed by atoms with E-state index in [2.05, 4.69) is 0 Å². The fraction of sp³-hybridized carbons (Fsp3) is 0.778. The molecule has 4 nitrogen and oxygen atoms in total. The Bertz CT molecular complexity index is 271. The highest BCUT2D eigenvalue weighted by molar-refractivity contribution is 5.83. The molecule has 0 saturated heterocycles. The van der Waals surface area contributed by atoms with E-state index in [4.69, 9.17) is 5.11 Å². The van der Waals surface area contributed by atoms with Gasteiger partial charge >= 0.3 is 18.3 Å². The quantitative estimate of drug-likeness (QED) is 0.514. The summed E-state index contributed by atoms with van der Waals surface area (Å²) in [6.07, 6.45) is -3.07. The molecule has 0 aliphatic heterocycles. The van der Waals surface area contributed by atoms with Gasteiger partial charge in [0.15, 0.2) is 0 Å². The first-order valence-electron chi connectivity index (χ1n) is 4.94. The Labute approximate surface area is 95.0 Å². The average molecular weight is 259 g/mol. The van der Waals surface area contributed by atoms with Gasteiger partial charge in [-0.25, -0.2) is 8.78 Å². The zero-order valence-electron chi connectivity index (χ0n) is 8.89. The van der Waals surface area contributed by atoms with Crippen LogP contribution in [-0.2, 0) is 9.59 Å². The Balaban J connectivity index is 3.69. The smallest absolute Gasteiger partial charge is 0.383 e. The summed E-state index contributed by atoms with van der Waals surface area (Å²) in [6.45, 7) is -0.180. The Morgan fingerprint density at radius 3 is 2.24 bits per heavy atom. The van der Waals surface area contributed by atoms with Crippen LogP contribution in [0.5, 0.6) is 0 Å². The summed E-state index contributed by atoms with van der Waals surface area (Å²) in [5.41, 5.74) is 0. The number of carboxylic acid groups (broad SMARTS) is 1. The number of alkyl halides is 4. The van der Waals surface area contributed by atoms with Gasteiger partial charge in [-0.15, -0.1) is 0 Å². The van der Waals surface area contributed by atoms with Gasteiger partial charge in [-0.3, -0.25) is 9.59 Å². The van der Waals surface area contributed by atoms with Crippen molar-refractivity contribution in [3.63, 3.8) is 0 Å². The SMILES string of the molecule is O=C(O)CCCCCNC(=O)C(F)(F)C(F)F. The number of amides is 1. The van der Waals surface area contributed by atoms with Crippen LogP contribution in [0, 0.1) is 0 Å². The molecular formula is C9H13F4NO3. The van der Waals surface area contributed by atoms with E-state index in [0.29, 0.717) is 12.8 Å². The summed E-state index contributed by atoms with van der Waals surface area (Å²) in [5.74, 6) is -7.66. The van der Waals surface area contributed by atoms with Crippen molar-refractivity contribution >= 4 is 11.9 Å². The number of nitrogens with one attached hydrogen (secondary N) is 1. The van der Waals surface area contributed by atoms with Crippen molar-refractivity contribution in [1.82, 2.24) is 5.32 Å². The second-order valence-corrected chi connectivity index (χ2v) is 3.38. The van der Waals surface area contributed by atoms with Crippen molar-refractivity contribution in [3.05, 3.63) is 0 Å². The number of rotatable bonds is 8. The van der Waals surface area contributed by atoms with Crippen LogP contribution in [0.1, 0.15) is 25.7 Å². The Morgan fingerprint density at radius 1 is 1.18 bits per heavy atom. The molecule has 0 aromatic carbocycles. The molecule has 2 N–H and O–H groups in total. The molecule has 0 aromatic heterocycles. The van der Waals surface area contributed by atoms with Crippen LogP contribution in [0.3, 0.4) is 0 Å². The van der Waals surface area contributed by atoms with E-state index in [1.54, 1.807) is 5.32 Å². The number of hydrogen-bond donors (Lipinski definition) is 2. The van der Waals surface area contributed by atoms with E-state index in [9.17, 15) is 27.2 Å². The molecule has 17 heavy (non-hydrogen) atoms. The predicted molar refractivity (Wildman–Crippen MR) is 50.1 cm³/mol. The fourth-order valence-electron chi connectivity index (χ4n) is 0.997. The van der Waals surface area contributed by atoms with Crippen LogP contribution in [-0.4, -0.2) is 35.9 Å². The first-order chi connectivity index (χ1) is 7.78. The van der Waals surface area contributed by atoms with Crippen LogP contribution in [0.2, 0.25) is 0 Å². The first-order valence-corrected chi connectivity index (χ1v) is 4.94. The Kier molecular flexibility index (Phi) is 6.52. The minimum absolute atomic E-state index is 0.0544. The third-order valence-electron chi connectivity index (χ3n) is 1.93. The molecule has 0 unspecified atom stereocenters. The molecule has 0 aliphatic carbocycles. The molecule has 0 spiro atoms. The zero-order valence-corrected chi connectivity index (χ0v) is 8.89. The van der Waals surface area contributed by atoms with Gasteiger partial charge in [-0.1, -0.05) is 6.42 Å². The standard InChI is InChI=1S/C9H13F4NO3/c10-7(11)9(12,13)8(17)14-5-3-1-2-4-6(15)16/h7H,1-5H2,(H,14,17)(H,15,16). The van der Waals surface area contributed by atoms with E-state index in [-0.39, 0.29) is 19.4 Å². The number of halogens is 4. The van der Waals surface area contributed by atoms with Crippen molar-refractivity contribution < 1.29 is 32.3 Å². The van der Waals surface area contributed by atoms with Crippen LogP contribution < -0.4 is 5.32 Å². The number of unbranched alkanes of at least 4 members (excludes halogenated alkanes) is 2. The molecule has 8 heteroatoms. The number of carboxylic acids is 1. The molecule has 100 valence electrons. The van der Waals surface area contributed by atoms with E-state index in [1.165, 1.54) is 0 Å². The first kappa shape index (κ1) is 15.7. The van der Waals surface area contributed by atoms with Gasteiger partial charge in [0.2, 0.25) is 0 Å². The maximum Gasteiger partial charge on any atom is 0.383 e. The fourth-order valence-corrected chi connectivity index (χ4v) is 0.997. The van der Waals surface area contributed by atoms with Crippen LogP contribution in [0.25, 0.3) is 0 Å². The van der Waals surface area contributed by atoms with Gasteiger partial charge in [-0.2, -0.15) is 8.78 Å². The maximum absolute atomic E-state index is 12.4. The van der Waals surface area contributed by atoms with Gasteiger partial charge in [0.1, 0.15) is 0 Å². The van der Waals surface area contributed by atoms with E-state index in [1.807, 2.05) is 0 Å². The molecule has 0 radical (unpaired) electrons. The highest BCUT2D eigenvalue weighted by Gasteiger charge is 2.48. The van der Waals surface area contributed by atoms with Gasteiger partial charge in [0.05, 0.1) is 0 Å². The lowest BCUT2D eigenvalue weighted by molar-refractivity contribution is -0.169. The molecule has 0 fully saturated rings. The number of hydrogen-bond acceptors (Lipinski definition) is 2. The van der Waals surface area contributed by atoms with Crippen LogP contribution >= 0.6 is 0 Å². The molecule has 0 rings (SSSR count). The highest BCUT2D eigenvalue weighted by atomic mass is 19.3. The Morgan fingerprint density at radius 2 is 1.76 bits per heavy atom. The second-order valence-electron chi connectivity index (χ2n) is 3.38. The van der Waals surface area contributed by atoms with Crippen molar-refractivity contribution in [2.24, 2.45) is 0 Å². The largest absolute Gasteiger partial charge is 0.481 e. The molecule has 0 aromatic rings. The summed E-state index contributed by atoms with van der Waals surface area (Å²) < 4.78 is 48.2. The number of carbonyl (C=O) groups is 2. The summed E-state index contributed by atoms with van der Waals surface area (Å²) in [6, 6.07) is 0. The van der Waals surface area contributed by atoms with Crippen molar-refractivity contribution in [3.8, 4) is 0 Å². The molecule has 0 atom stereocenters. The monoisotopic (exact) mass is 259 g/mol. The maximum atomic E-state index is 12.4. The molecular weight excluding hydrogens is 246 g/mol. The van der Waals surface area contributed by atoms with Crippen molar-refractivity contribution in [2.75, 3.05) is 6.54 Å². The Hall–Kier alpha value is -1.34. The van der Waals surface area contributed by atoms with Gasteiger partial charge < -0.3 is 10.4 Å². The van der Waals surface area contributed by atoms with Crippen molar-refractivity contribution in [1.29, 1.82) is 0 Å². The normalized spacial score (nSPS) is 11.6.